The minimum absolute atomic E-state index is 0.01000. The quantitative estimate of drug-likeness (QED) is 0.344. The van der Waals surface area contributed by atoms with E-state index in [2.05, 4.69) is 15.0 Å². The summed E-state index contributed by atoms with van der Waals surface area (Å²) >= 11 is 0. The Balaban J connectivity index is 1.84. The summed E-state index contributed by atoms with van der Waals surface area (Å²) in [5.74, 6) is -4.33. The second kappa shape index (κ2) is 6.67. The van der Waals surface area contributed by atoms with Crippen LogP contribution in [0.1, 0.15) is 5.56 Å². The second-order valence-corrected chi connectivity index (χ2v) is 6.84. The van der Waals surface area contributed by atoms with Crippen molar-refractivity contribution in [2.75, 3.05) is 0 Å². The van der Waals surface area contributed by atoms with Gasteiger partial charge in [0, 0.05) is 52.0 Å². The molecule has 0 bridgehead atoms. The molecule has 5 aromatic rings. The number of aromatic amines is 2. The zero-order valence-corrected chi connectivity index (χ0v) is 15.3. The van der Waals surface area contributed by atoms with Crippen LogP contribution in [0.2, 0.25) is 0 Å². The van der Waals surface area contributed by atoms with E-state index in [9.17, 15) is 27.2 Å². The smallest absolute Gasteiger partial charge is 0.150 e. The molecule has 0 aliphatic carbocycles. The van der Waals surface area contributed by atoms with Gasteiger partial charge in [-0.3, -0.25) is 4.98 Å². The van der Waals surface area contributed by atoms with Gasteiger partial charge in [0.05, 0.1) is 28.5 Å². The molecule has 0 radical (unpaired) electrons. The Kier molecular flexibility index (Phi) is 4.05. The number of aromatic nitrogens is 3. The molecule has 0 amide bonds. The Hall–Kier alpha value is -4.19. The van der Waals surface area contributed by atoms with Gasteiger partial charge in [0.1, 0.15) is 29.3 Å². The Morgan fingerprint density at radius 1 is 0.742 bits per heavy atom. The molecule has 5 rings (SSSR count). The van der Waals surface area contributed by atoms with E-state index in [4.69, 9.17) is 0 Å². The van der Waals surface area contributed by atoms with Crippen LogP contribution in [0, 0.1) is 40.4 Å². The molecular weight excluding hydrogens is 415 g/mol. The molecule has 31 heavy (non-hydrogen) atoms. The second-order valence-electron chi connectivity index (χ2n) is 6.84. The molecule has 0 aliphatic heterocycles. The van der Waals surface area contributed by atoms with Crippen LogP contribution in [-0.4, -0.2) is 15.0 Å². The standard InChI is InChI=1S/C22H9F5N4/c23-9-1-11-14(6-29-21(11)16(25)3-9)19-13(5-28)20(31-8-18(19)27)15-7-30-22-12(15)2-10(24)4-17(22)26/h1-4,6-8,29-30H. The van der Waals surface area contributed by atoms with Gasteiger partial charge < -0.3 is 9.97 Å². The van der Waals surface area contributed by atoms with E-state index in [1.54, 1.807) is 0 Å². The molecule has 2 N–H and O–H groups in total. The monoisotopic (exact) mass is 424 g/mol. The van der Waals surface area contributed by atoms with Crippen molar-refractivity contribution in [1.82, 2.24) is 15.0 Å². The average Bonchev–Trinajstić information content (AvgIpc) is 3.32. The van der Waals surface area contributed by atoms with Crippen LogP contribution in [0.25, 0.3) is 44.2 Å². The Morgan fingerprint density at radius 2 is 1.29 bits per heavy atom. The normalized spacial score (nSPS) is 11.4. The maximum atomic E-state index is 14.9. The third-order valence-corrected chi connectivity index (χ3v) is 5.08. The highest BCUT2D eigenvalue weighted by molar-refractivity contribution is 6.01. The number of nitrogens with zero attached hydrogens (tertiary/aromatic N) is 2. The van der Waals surface area contributed by atoms with Crippen molar-refractivity contribution < 1.29 is 22.0 Å². The molecule has 152 valence electrons. The maximum Gasteiger partial charge on any atom is 0.150 e. The van der Waals surface area contributed by atoms with Gasteiger partial charge in [-0.2, -0.15) is 5.26 Å². The van der Waals surface area contributed by atoms with Crippen LogP contribution in [-0.2, 0) is 0 Å². The maximum absolute atomic E-state index is 14.9. The Morgan fingerprint density at radius 3 is 1.87 bits per heavy atom. The zero-order valence-electron chi connectivity index (χ0n) is 15.3. The van der Waals surface area contributed by atoms with Crippen molar-refractivity contribution in [2.24, 2.45) is 0 Å². The molecule has 0 saturated heterocycles. The van der Waals surface area contributed by atoms with Crippen LogP contribution in [0.5, 0.6) is 0 Å². The number of H-pyrrole nitrogens is 2. The molecule has 4 nitrogen and oxygen atoms in total. The molecule has 0 atom stereocenters. The fraction of sp³-hybridized carbons (Fsp3) is 0. The van der Waals surface area contributed by atoms with E-state index in [0.29, 0.717) is 12.1 Å². The number of pyridine rings is 1. The van der Waals surface area contributed by atoms with Crippen molar-refractivity contribution in [3.05, 3.63) is 77.5 Å². The van der Waals surface area contributed by atoms with Crippen LogP contribution in [0.4, 0.5) is 22.0 Å². The summed E-state index contributed by atoms with van der Waals surface area (Å²) < 4.78 is 70.6. The van der Waals surface area contributed by atoms with Gasteiger partial charge in [-0.15, -0.1) is 0 Å². The number of hydrogen-bond donors (Lipinski definition) is 2. The number of rotatable bonds is 2. The first-order valence-electron chi connectivity index (χ1n) is 8.90. The minimum atomic E-state index is -0.900. The van der Waals surface area contributed by atoms with Crippen LogP contribution < -0.4 is 0 Å². The van der Waals surface area contributed by atoms with Crippen LogP contribution in [0.15, 0.2) is 42.9 Å². The summed E-state index contributed by atoms with van der Waals surface area (Å²) in [7, 11) is 0. The third-order valence-electron chi connectivity index (χ3n) is 5.08. The lowest BCUT2D eigenvalue weighted by atomic mass is 9.95. The molecule has 2 aromatic carbocycles. The van der Waals surface area contributed by atoms with Crippen molar-refractivity contribution in [1.29, 1.82) is 5.26 Å². The van der Waals surface area contributed by atoms with Gasteiger partial charge in [0.25, 0.3) is 0 Å². The first-order valence-corrected chi connectivity index (χ1v) is 8.90. The fourth-order valence-corrected chi connectivity index (χ4v) is 3.78. The lowest BCUT2D eigenvalue weighted by Gasteiger charge is -2.09. The third kappa shape index (κ3) is 2.76. The molecule has 0 fully saturated rings. The highest BCUT2D eigenvalue weighted by Gasteiger charge is 2.23. The molecule has 3 aromatic heterocycles. The van der Waals surface area contributed by atoms with E-state index in [-0.39, 0.29) is 49.8 Å². The molecule has 0 saturated carbocycles. The average molecular weight is 424 g/mol. The van der Waals surface area contributed by atoms with Gasteiger partial charge in [0.15, 0.2) is 5.82 Å². The summed E-state index contributed by atoms with van der Waals surface area (Å²) in [6.07, 6.45) is 3.42. The number of halogens is 5. The number of hydrogen-bond acceptors (Lipinski definition) is 2. The Labute approximate surface area is 170 Å². The SMILES string of the molecule is N#Cc1c(-c2c[nH]c3c(F)cc(F)cc23)ncc(F)c1-c1c[nH]c2c(F)cc(F)cc12. The molecular formula is C22H9F5N4. The molecule has 0 aliphatic rings. The van der Waals surface area contributed by atoms with Gasteiger partial charge in [-0.25, -0.2) is 22.0 Å². The molecule has 0 spiro atoms. The molecule has 0 unspecified atom stereocenters. The van der Waals surface area contributed by atoms with Gasteiger partial charge in [-0.05, 0) is 12.1 Å². The van der Waals surface area contributed by atoms with Crippen molar-refractivity contribution in [2.45, 2.75) is 0 Å². The number of fused-ring (bicyclic) bond motifs is 2. The van der Waals surface area contributed by atoms with E-state index in [1.807, 2.05) is 6.07 Å². The van der Waals surface area contributed by atoms with Crippen molar-refractivity contribution >= 4 is 21.8 Å². The number of nitrogens with one attached hydrogen (secondary N) is 2. The first kappa shape index (κ1) is 18.8. The largest absolute Gasteiger partial charge is 0.358 e. The lowest BCUT2D eigenvalue weighted by Crippen LogP contribution is -1.97. The fourth-order valence-electron chi connectivity index (χ4n) is 3.78. The van der Waals surface area contributed by atoms with Gasteiger partial charge in [0.2, 0.25) is 0 Å². The highest BCUT2D eigenvalue weighted by atomic mass is 19.1. The van der Waals surface area contributed by atoms with Crippen molar-refractivity contribution in [3.63, 3.8) is 0 Å². The summed E-state index contributed by atoms with van der Waals surface area (Å²) in [4.78, 5) is 9.24. The van der Waals surface area contributed by atoms with E-state index in [1.165, 1.54) is 12.4 Å². The summed E-state index contributed by atoms with van der Waals surface area (Å²) in [6.45, 7) is 0. The van der Waals surface area contributed by atoms with Crippen molar-refractivity contribution in [3.8, 4) is 28.5 Å². The van der Waals surface area contributed by atoms with Crippen LogP contribution in [0.3, 0.4) is 0 Å². The van der Waals surface area contributed by atoms with E-state index >= 15 is 0 Å². The van der Waals surface area contributed by atoms with Gasteiger partial charge >= 0.3 is 0 Å². The topological polar surface area (TPSA) is 68.3 Å². The highest BCUT2D eigenvalue weighted by Crippen LogP contribution is 2.39. The number of benzene rings is 2. The minimum Gasteiger partial charge on any atom is -0.358 e. The first-order chi connectivity index (χ1) is 14.9. The summed E-state index contributed by atoms with van der Waals surface area (Å²) in [5.41, 5.74) is -0.391. The predicted octanol–water partition coefficient (Wildman–Crippen LogP) is 5.95. The zero-order chi connectivity index (χ0) is 21.9. The summed E-state index contributed by atoms with van der Waals surface area (Å²) in [5, 5.41) is 9.95. The predicted molar refractivity (Wildman–Crippen MR) is 103 cm³/mol. The van der Waals surface area contributed by atoms with E-state index in [0.717, 1.165) is 18.3 Å². The lowest BCUT2D eigenvalue weighted by molar-refractivity contribution is 0.590. The molecule has 9 heteroatoms. The van der Waals surface area contributed by atoms with E-state index < -0.39 is 29.1 Å². The summed E-state index contributed by atoms with van der Waals surface area (Å²) in [6, 6.07) is 5.32. The number of nitriles is 1. The van der Waals surface area contributed by atoms with Gasteiger partial charge in [-0.1, -0.05) is 0 Å². The molecule has 3 heterocycles. The Bertz CT molecular complexity index is 1560. The van der Waals surface area contributed by atoms with Crippen LogP contribution >= 0.6 is 0 Å².